The van der Waals surface area contributed by atoms with Crippen molar-refractivity contribution in [3.8, 4) is 0 Å². The van der Waals surface area contributed by atoms with Crippen LogP contribution in [0.5, 0.6) is 0 Å². The predicted octanol–water partition coefficient (Wildman–Crippen LogP) is 5.25. The van der Waals surface area contributed by atoms with Crippen molar-refractivity contribution in [3.63, 3.8) is 0 Å². The van der Waals surface area contributed by atoms with Crippen molar-refractivity contribution in [2.24, 2.45) is 5.16 Å². The Morgan fingerprint density at radius 1 is 1.21 bits per heavy atom. The Morgan fingerprint density at radius 2 is 1.88 bits per heavy atom. The van der Waals surface area contributed by atoms with E-state index in [0.717, 1.165) is 5.56 Å². The van der Waals surface area contributed by atoms with Gasteiger partial charge in [-0.3, -0.25) is 10.1 Å². The molecular formula is C17H14Cl2N2O3. The van der Waals surface area contributed by atoms with E-state index in [0.29, 0.717) is 33.3 Å². The maximum absolute atomic E-state index is 11.1. The number of halogens is 2. The molecule has 0 aliphatic carbocycles. The lowest BCUT2D eigenvalue weighted by Crippen LogP contribution is -2.22. The van der Waals surface area contributed by atoms with Gasteiger partial charge in [0.25, 0.3) is 5.69 Å². The van der Waals surface area contributed by atoms with Gasteiger partial charge >= 0.3 is 0 Å². The predicted molar refractivity (Wildman–Crippen MR) is 93.9 cm³/mol. The summed E-state index contributed by atoms with van der Waals surface area (Å²) in [6.07, 6.45) is 0.462. The fraction of sp³-hybridized carbons (Fsp3) is 0.235. The minimum absolute atomic E-state index is 0.0644. The first kappa shape index (κ1) is 16.7. The third-order valence-corrected chi connectivity index (χ3v) is 4.51. The molecule has 1 atom stereocenters. The van der Waals surface area contributed by atoms with Crippen molar-refractivity contribution in [1.82, 2.24) is 0 Å². The van der Waals surface area contributed by atoms with Crippen LogP contribution in [0.1, 0.15) is 30.0 Å². The molecule has 1 heterocycles. The molecule has 0 fully saturated rings. The number of nitrogens with zero attached hydrogens (tertiary/aromatic N) is 2. The standard InChI is InChI=1S/C17H14Cl2N2O3/c1-10-3-4-11(5-16(10)21(22)23)15-9-17(2,24-20-15)12-6-13(18)8-14(19)7-12/h3-8H,9H2,1-2H3. The zero-order chi connectivity index (χ0) is 17.5. The van der Waals surface area contributed by atoms with E-state index in [1.165, 1.54) is 6.07 Å². The average Bonchev–Trinajstić information content (AvgIpc) is 2.90. The Balaban J connectivity index is 1.92. The van der Waals surface area contributed by atoms with Gasteiger partial charge in [0.15, 0.2) is 5.60 Å². The first-order valence-corrected chi connectivity index (χ1v) is 8.01. The summed E-state index contributed by atoms with van der Waals surface area (Å²) in [5, 5.41) is 16.3. The SMILES string of the molecule is Cc1ccc(C2=NOC(C)(c3cc(Cl)cc(Cl)c3)C2)cc1[N+](=O)[O-]. The van der Waals surface area contributed by atoms with Gasteiger partial charge in [0, 0.05) is 39.2 Å². The van der Waals surface area contributed by atoms with Crippen LogP contribution < -0.4 is 0 Å². The zero-order valence-electron chi connectivity index (χ0n) is 13.0. The van der Waals surface area contributed by atoms with E-state index in [1.54, 1.807) is 37.3 Å². The van der Waals surface area contributed by atoms with Crippen LogP contribution in [0.4, 0.5) is 5.69 Å². The highest BCUT2D eigenvalue weighted by molar-refractivity contribution is 6.34. The molecule has 5 nitrogen and oxygen atoms in total. The Hall–Kier alpha value is -2.11. The molecule has 0 saturated carbocycles. The van der Waals surface area contributed by atoms with Crippen LogP contribution in [0.2, 0.25) is 10.0 Å². The van der Waals surface area contributed by atoms with E-state index in [2.05, 4.69) is 5.16 Å². The maximum Gasteiger partial charge on any atom is 0.272 e. The molecule has 0 N–H and O–H groups in total. The van der Waals surface area contributed by atoms with E-state index in [4.69, 9.17) is 28.0 Å². The van der Waals surface area contributed by atoms with Crippen LogP contribution in [-0.2, 0) is 10.4 Å². The highest BCUT2D eigenvalue weighted by Crippen LogP contribution is 2.38. The van der Waals surface area contributed by atoms with E-state index in [-0.39, 0.29) is 5.69 Å². The number of aryl methyl sites for hydroxylation is 1. The molecule has 0 amide bonds. The van der Waals surface area contributed by atoms with E-state index in [1.807, 2.05) is 6.92 Å². The highest BCUT2D eigenvalue weighted by atomic mass is 35.5. The first-order chi connectivity index (χ1) is 11.3. The van der Waals surface area contributed by atoms with Crippen molar-refractivity contribution in [3.05, 3.63) is 73.2 Å². The van der Waals surface area contributed by atoms with Crippen molar-refractivity contribution in [1.29, 1.82) is 0 Å². The molecular weight excluding hydrogens is 351 g/mol. The van der Waals surface area contributed by atoms with Crippen LogP contribution in [0.3, 0.4) is 0 Å². The summed E-state index contributed by atoms with van der Waals surface area (Å²) in [5.41, 5.74) is 2.08. The second-order valence-corrected chi connectivity index (χ2v) is 6.83. The van der Waals surface area contributed by atoms with Gasteiger partial charge in [-0.15, -0.1) is 0 Å². The van der Waals surface area contributed by atoms with Gasteiger partial charge in [-0.05, 0) is 32.0 Å². The number of hydrogen-bond acceptors (Lipinski definition) is 4. The third kappa shape index (κ3) is 3.09. The molecule has 1 unspecified atom stereocenters. The zero-order valence-corrected chi connectivity index (χ0v) is 14.6. The Kier molecular flexibility index (Phi) is 4.24. The second kappa shape index (κ2) is 6.07. The smallest absolute Gasteiger partial charge is 0.272 e. The lowest BCUT2D eigenvalue weighted by atomic mass is 9.89. The van der Waals surface area contributed by atoms with Crippen molar-refractivity contribution < 1.29 is 9.76 Å². The van der Waals surface area contributed by atoms with Gasteiger partial charge in [-0.25, -0.2) is 0 Å². The summed E-state index contributed by atoms with van der Waals surface area (Å²) < 4.78 is 0. The summed E-state index contributed by atoms with van der Waals surface area (Å²) in [6.45, 7) is 3.58. The van der Waals surface area contributed by atoms with Crippen molar-refractivity contribution in [2.75, 3.05) is 0 Å². The summed E-state index contributed by atoms with van der Waals surface area (Å²) in [7, 11) is 0. The first-order valence-electron chi connectivity index (χ1n) is 7.25. The van der Waals surface area contributed by atoms with Gasteiger partial charge in [-0.2, -0.15) is 0 Å². The fourth-order valence-corrected chi connectivity index (χ4v) is 3.22. The van der Waals surface area contributed by atoms with Crippen LogP contribution >= 0.6 is 23.2 Å². The van der Waals surface area contributed by atoms with E-state index < -0.39 is 10.5 Å². The van der Waals surface area contributed by atoms with Crippen molar-refractivity contribution in [2.45, 2.75) is 25.9 Å². The molecule has 1 aliphatic heterocycles. The van der Waals surface area contributed by atoms with Crippen LogP contribution in [0, 0.1) is 17.0 Å². The van der Waals surface area contributed by atoms with Crippen molar-refractivity contribution >= 4 is 34.6 Å². The number of oxime groups is 1. The minimum atomic E-state index is -0.719. The number of benzene rings is 2. The number of rotatable bonds is 3. The van der Waals surface area contributed by atoms with Gasteiger partial charge < -0.3 is 4.84 Å². The molecule has 0 aromatic heterocycles. The molecule has 0 bridgehead atoms. The molecule has 7 heteroatoms. The minimum Gasteiger partial charge on any atom is -0.384 e. The average molecular weight is 365 g/mol. The van der Waals surface area contributed by atoms with Crippen LogP contribution in [-0.4, -0.2) is 10.6 Å². The monoisotopic (exact) mass is 364 g/mol. The molecule has 24 heavy (non-hydrogen) atoms. The Labute approximate surface area is 149 Å². The molecule has 0 radical (unpaired) electrons. The van der Waals surface area contributed by atoms with E-state index >= 15 is 0 Å². The normalized spacial score (nSPS) is 19.8. The lowest BCUT2D eigenvalue weighted by molar-refractivity contribution is -0.385. The van der Waals surface area contributed by atoms with Gasteiger partial charge in [-0.1, -0.05) is 40.5 Å². The summed E-state index contributed by atoms with van der Waals surface area (Å²) >= 11 is 12.1. The number of nitro benzene ring substituents is 1. The Bertz CT molecular complexity index is 847. The highest BCUT2D eigenvalue weighted by Gasteiger charge is 2.37. The molecule has 0 spiro atoms. The van der Waals surface area contributed by atoms with Gasteiger partial charge in [0.05, 0.1) is 10.6 Å². The molecule has 2 aromatic rings. The van der Waals surface area contributed by atoms with Crippen LogP contribution in [0.25, 0.3) is 0 Å². The summed E-state index contributed by atoms with van der Waals surface area (Å²) in [6, 6.07) is 10.3. The second-order valence-electron chi connectivity index (χ2n) is 5.95. The number of hydrogen-bond donors (Lipinski definition) is 0. The largest absolute Gasteiger partial charge is 0.384 e. The molecule has 1 aliphatic rings. The van der Waals surface area contributed by atoms with Gasteiger partial charge in [0.2, 0.25) is 0 Å². The molecule has 2 aromatic carbocycles. The Morgan fingerprint density at radius 3 is 2.50 bits per heavy atom. The topological polar surface area (TPSA) is 64.7 Å². The lowest BCUT2D eigenvalue weighted by Gasteiger charge is -2.22. The molecule has 0 saturated heterocycles. The molecule has 3 rings (SSSR count). The summed E-state index contributed by atoms with van der Waals surface area (Å²) in [5.74, 6) is 0. The molecule has 124 valence electrons. The third-order valence-electron chi connectivity index (χ3n) is 4.07. The fourth-order valence-electron chi connectivity index (χ4n) is 2.69. The summed E-state index contributed by atoms with van der Waals surface area (Å²) in [4.78, 5) is 16.4. The maximum atomic E-state index is 11.1. The van der Waals surface area contributed by atoms with E-state index in [9.17, 15) is 10.1 Å². The van der Waals surface area contributed by atoms with Gasteiger partial charge in [0.1, 0.15) is 0 Å². The van der Waals surface area contributed by atoms with Crippen LogP contribution in [0.15, 0.2) is 41.6 Å². The number of nitro groups is 1. The quantitative estimate of drug-likeness (QED) is 0.551.